The molecule has 0 radical (unpaired) electrons. The van der Waals surface area contributed by atoms with Crippen molar-refractivity contribution in [2.75, 3.05) is 12.0 Å². The predicted molar refractivity (Wildman–Crippen MR) is 170 cm³/mol. The number of phenolic OH excluding ortho intramolecular Hbond substituents is 1. The van der Waals surface area contributed by atoms with Crippen LogP contribution < -0.4 is 32.7 Å². The van der Waals surface area contributed by atoms with Gasteiger partial charge in [0.15, 0.2) is 0 Å². The largest absolute Gasteiger partial charge is 0.508 e. The van der Waals surface area contributed by atoms with Crippen LogP contribution in [0.15, 0.2) is 54.6 Å². The van der Waals surface area contributed by atoms with Gasteiger partial charge in [-0.2, -0.15) is 11.8 Å². The smallest absolute Gasteiger partial charge is 0.246 e. The van der Waals surface area contributed by atoms with Crippen LogP contribution in [0.2, 0.25) is 0 Å². The van der Waals surface area contributed by atoms with Gasteiger partial charge in [-0.3, -0.25) is 24.0 Å². The molecule has 5 amide bonds. The molecule has 2 aromatic rings. The van der Waals surface area contributed by atoms with Crippen molar-refractivity contribution >= 4 is 41.3 Å². The molecule has 44 heavy (non-hydrogen) atoms. The van der Waals surface area contributed by atoms with E-state index < -0.39 is 58.7 Å². The normalized spacial score (nSPS) is 13.6. The van der Waals surface area contributed by atoms with Crippen LogP contribution in [0.25, 0.3) is 0 Å². The molecule has 13 heteroatoms. The van der Waals surface area contributed by atoms with E-state index in [2.05, 4.69) is 21.3 Å². The Hall–Kier alpha value is -4.10. The predicted octanol–water partition coefficient (Wildman–Crippen LogP) is 0.502. The molecule has 2 aromatic carbocycles. The zero-order valence-corrected chi connectivity index (χ0v) is 26.6. The molecule has 0 aliphatic heterocycles. The fourth-order valence-electron chi connectivity index (χ4n) is 4.12. The number of benzene rings is 2. The van der Waals surface area contributed by atoms with Gasteiger partial charge in [-0.15, -0.1) is 0 Å². The first kappa shape index (κ1) is 36.1. The number of thioether (sulfide) groups is 1. The van der Waals surface area contributed by atoms with Crippen molar-refractivity contribution in [2.24, 2.45) is 11.5 Å². The second-order valence-electron chi connectivity index (χ2n) is 11.6. The second-order valence-corrected chi connectivity index (χ2v) is 12.6. The van der Waals surface area contributed by atoms with Crippen molar-refractivity contribution in [1.29, 1.82) is 0 Å². The summed E-state index contributed by atoms with van der Waals surface area (Å²) in [5.74, 6) is -2.49. The van der Waals surface area contributed by atoms with E-state index in [0.29, 0.717) is 12.2 Å². The molecule has 0 saturated carbocycles. The van der Waals surface area contributed by atoms with Crippen LogP contribution in [0.4, 0.5) is 0 Å². The third-order valence-electron chi connectivity index (χ3n) is 6.90. The number of rotatable bonds is 16. The van der Waals surface area contributed by atoms with Crippen molar-refractivity contribution in [1.82, 2.24) is 21.3 Å². The number of phenols is 1. The molecule has 0 heterocycles. The van der Waals surface area contributed by atoms with E-state index >= 15 is 0 Å². The first-order valence-electron chi connectivity index (χ1n) is 14.2. The van der Waals surface area contributed by atoms with Gasteiger partial charge < -0.3 is 37.8 Å². The number of nitrogens with one attached hydrogen (secondary N) is 4. The van der Waals surface area contributed by atoms with E-state index in [9.17, 15) is 29.1 Å². The lowest BCUT2D eigenvalue weighted by Crippen LogP contribution is -2.65. The number of primary amides is 1. The number of aromatic hydroxyl groups is 1. The average Bonchev–Trinajstić information content (AvgIpc) is 2.95. The highest BCUT2D eigenvalue weighted by atomic mass is 32.2. The Kier molecular flexibility index (Phi) is 13.2. The van der Waals surface area contributed by atoms with Crippen LogP contribution in [0.1, 0.15) is 45.2 Å². The molecule has 0 fully saturated rings. The summed E-state index contributed by atoms with van der Waals surface area (Å²) in [6.07, 6.45) is 2.50. The maximum absolute atomic E-state index is 13.5. The van der Waals surface area contributed by atoms with Gasteiger partial charge in [-0.25, -0.2) is 0 Å². The van der Waals surface area contributed by atoms with E-state index in [4.69, 9.17) is 11.5 Å². The molecule has 0 bridgehead atoms. The minimum atomic E-state index is -1.51. The molecule has 0 aliphatic carbocycles. The molecule has 0 saturated heterocycles. The topological polar surface area (TPSA) is 206 Å². The van der Waals surface area contributed by atoms with Crippen LogP contribution >= 0.6 is 11.8 Å². The lowest BCUT2D eigenvalue weighted by Gasteiger charge is -2.33. The highest BCUT2D eigenvalue weighted by molar-refractivity contribution is 7.98. The van der Waals surface area contributed by atoms with Gasteiger partial charge in [0.2, 0.25) is 29.5 Å². The number of nitrogens with two attached hydrogens (primary N) is 2. The average molecular weight is 629 g/mol. The third kappa shape index (κ3) is 11.2. The van der Waals surface area contributed by atoms with Crippen LogP contribution in [-0.2, 0) is 36.8 Å². The minimum absolute atomic E-state index is 0.0873. The molecule has 3 atom stereocenters. The fourth-order valence-corrected chi connectivity index (χ4v) is 4.60. The molecular weight excluding hydrogens is 584 g/mol. The molecular formula is C31H44N6O6S. The zero-order chi connectivity index (χ0) is 33.1. The quantitative estimate of drug-likeness (QED) is 0.139. The van der Waals surface area contributed by atoms with Crippen molar-refractivity contribution < 1.29 is 29.1 Å². The van der Waals surface area contributed by atoms with E-state index in [0.717, 1.165) is 11.1 Å². The first-order valence-corrected chi connectivity index (χ1v) is 15.6. The zero-order valence-electron chi connectivity index (χ0n) is 25.8. The Morgan fingerprint density at radius 2 is 1.34 bits per heavy atom. The van der Waals surface area contributed by atoms with Crippen molar-refractivity contribution in [3.8, 4) is 5.75 Å². The van der Waals surface area contributed by atoms with Gasteiger partial charge in [-0.1, -0.05) is 42.5 Å². The number of carbonyl (C=O) groups is 5. The summed E-state index contributed by atoms with van der Waals surface area (Å²) in [5, 5.41) is 20.1. The van der Waals surface area contributed by atoms with Gasteiger partial charge in [0.25, 0.3) is 0 Å². The Morgan fingerprint density at radius 1 is 0.773 bits per heavy atom. The molecule has 2 rings (SSSR count). The standard InChI is InChI=1S/C31H44N6O6S/c1-30(2,37-29(43)31(3,4)36-26(40)22(32)17-20-11-13-21(38)14-12-20)28(42)35-24(18-19-9-7-6-8-10-19)27(41)34-23(25(33)39)15-16-44-5/h6-14,22-24,38H,15-18,32H2,1-5H3,(H2,33,39)(H,34,41)(H,35,42)(H,36,40)(H,37,43)/t22-,23-,24-/m0/s1. The monoisotopic (exact) mass is 628 g/mol. The summed E-state index contributed by atoms with van der Waals surface area (Å²) in [6.45, 7) is 5.89. The van der Waals surface area contributed by atoms with Crippen molar-refractivity contribution in [2.45, 2.75) is 76.2 Å². The first-order chi connectivity index (χ1) is 20.6. The second kappa shape index (κ2) is 16.1. The number of hydrogen-bond donors (Lipinski definition) is 7. The summed E-state index contributed by atoms with van der Waals surface area (Å²) in [5.41, 5.74) is 10.1. The lowest BCUT2D eigenvalue weighted by atomic mass is 9.97. The summed E-state index contributed by atoms with van der Waals surface area (Å²) < 4.78 is 0. The van der Waals surface area contributed by atoms with Gasteiger partial charge >= 0.3 is 0 Å². The number of carbonyl (C=O) groups excluding carboxylic acids is 5. The SMILES string of the molecule is CSCC[C@H](NC(=O)[C@H](Cc1ccccc1)NC(=O)C(C)(C)NC(=O)C(C)(C)NC(=O)[C@@H](N)Cc1ccc(O)cc1)C(N)=O. The van der Waals surface area contributed by atoms with Crippen LogP contribution in [0.3, 0.4) is 0 Å². The molecule has 0 aliphatic rings. The number of hydrogen-bond acceptors (Lipinski definition) is 8. The van der Waals surface area contributed by atoms with E-state index in [1.54, 1.807) is 36.4 Å². The van der Waals surface area contributed by atoms with Crippen LogP contribution in [-0.4, -0.2) is 75.9 Å². The summed E-state index contributed by atoms with van der Waals surface area (Å²) in [4.78, 5) is 64.8. The van der Waals surface area contributed by atoms with Gasteiger partial charge in [0.05, 0.1) is 6.04 Å². The Balaban J connectivity index is 2.12. The molecule has 0 spiro atoms. The summed E-state index contributed by atoms with van der Waals surface area (Å²) >= 11 is 1.50. The van der Waals surface area contributed by atoms with Gasteiger partial charge in [0, 0.05) is 6.42 Å². The van der Waals surface area contributed by atoms with Crippen molar-refractivity contribution in [3.05, 3.63) is 65.7 Å². The minimum Gasteiger partial charge on any atom is -0.508 e. The Morgan fingerprint density at radius 3 is 1.91 bits per heavy atom. The molecule has 0 aromatic heterocycles. The van der Waals surface area contributed by atoms with Crippen LogP contribution in [0, 0.1) is 0 Å². The maximum Gasteiger partial charge on any atom is 0.246 e. The lowest BCUT2D eigenvalue weighted by molar-refractivity contribution is -0.138. The molecule has 12 nitrogen and oxygen atoms in total. The van der Waals surface area contributed by atoms with Gasteiger partial charge in [0.1, 0.15) is 28.9 Å². The van der Waals surface area contributed by atoms with E-state index in [-0.39, 0.29) is 18.6 Å². The highest BCUT2D eigenvalue weighted by Gasteiger charge is 2.39. The molecule has 0 unspecified atom stereocenters. The van der Waals surface area contributed by atoms with Gasteiger partial charge in [-0.05, 0) is 75.8 Å². The Labute approximate surface area is 262 Å². The summed E-state index contributed by atoms with van der Waals surface area (Å²) in [6, 6.07) is 12.3. The Bertz CT molecular complexity index is 1300. The van der Waals surface area contributed by atoms with E-state index in [1.807, 2.05) is 12.3 Å². The summed E-state index contributed by atoms with van der Waals surface area (Å²) in [7, 11) is 0. The molecule has 9 N–H and O–H groups in total. The maximum atomic E-state index is 13.5. The van der Waals surface area contributed by atoms with Crippen molar-refractivity contribution in [3.63, 3.8) is 0 Å². The van der Waals surface area contributed by atoms with Crippen LogP contribution in [0.5, 0.6) is 5.75 Å². The fraction of sp³-hybridized carbons (Fsp3) is 0.452. The highest BCUT2D eigenvalue weighted by Crippen LogP contribution is 2.14. The third-order valence-corrected chi connectivity index (χ3v) is 7.54. The molecule has 240 valence electrons. The van der Waals surface area contributed by atoms with E-state index in [1.165, 1.54) is 51.6 Å². The number of amides is 5.